The highest BCUT2D eigenvalue weighted by Gasteiger charge is 2.41. The maximum atomic E-state index is 12.0. The van der Waals surface area contributed by atoms with Crippen LogP contribution in [-0.2, 0) is 19.3 Å². The zero-order chi connectivity index (χ0) is 10.7. The Morgan fingerprint density at radius 2 is 1.85 bits per heavy atom. The Kier molecular flexibility index (Phi) is 4.07. The number of halogens is 4. The lowest BCUT2D eigenvalue weighted by Crippen LogP contribution is -2.32. The highest BCUT2D eigenvalue weighted by molar-refractivity contribution is 7.85. The van der Waals surface area contributed by atoms with Gasteiger partial charge in [0, 0.05) is 0 Å². The second-order valence-corrected chi connectivity index (χ2v) is 3.64. The Bertz CT molecular complexity index is 249. The summed E-state index contributed by atoms with van der Waals surface area (Å²) in [5.74, 6) is -4.43. The quantitative estimate of drug-likeness (QED) is 0.395. The molecule has 0 aromatic rings. The Balaban J connectivity index is 3.90. The van der Waals surface area contributed by atoms with Crippen LogP contribution in [0.5, 0.6) is 0 Å². The molecule has 0 saturated heterocycles. The third kappa shape index (κ3) is 5.77. The topological polar surface area (TPSA) is 52.6 Å². The molecule has 0 aromatic heterocycles. The van der Waals surface area contributed by atoms with Crippen molar-refractivity contribution in [2.75, 3.05) is 12.9 Å². The molecule has 0 heterocycles. The van der Waals surface area contributed by atoms with E-state index >= 15 is 0 Å². The molecular formula is C4H6F4O4S. The molecular weight excluding hydrogens is 220 g/mol. The van der Waals surface area contributed by atoms with Crippen LogP contribution in [-0.4, -0.2) is 33.6 Å². The minimum atomic E-state index is -4.43. The molecule has 0 spiro atoms. The number of hydrogen-bond donors (Lipinski definition) is 0. The average molecular weight is 226 g/mol. The lowest BCUT2D eigenvalue weighted by Gasteiger charge is -2.13. The Labute approximate surface area is 71.5 Å². The van der Waals surface area contributed by atoms with E-state index in [-0.39, 0.29) is 0 Å². The fourth-order valence-electron chi connectivity index (χ4n) is 0.253. The summed E-state index contributed by atoms with van der Waals surface area (Å²) in [7, 11) is -4.07. The first kappa shape index (κ1) is 12.6. The van der Waals surface area contributed by atoms with Crippen molar-refractivity contribution in [3.63, 3.8) is 0 Å². The van der Waals surface area contributed by atoms with Gasteiger partial charge in [0.15, 0.2) is 6.61 Å². The smallest absolute Gasteiger partial charge is 0.213 e. The van der Waals surface area contributed by atoms with E-state index in [4.69, 9.17) is 0 Å². The minimum Gasteiger partial charge on any atom is -0.213 e. The molecule has 0 N–H and O–H groups in total. The molecule has 0 radical (unpaired) electrons. The number of alkyl halides is 4. The van der Waals surface area contributed by atoms with Crippen LogP contribution < -0.4 is 0 Å². The molecule has 0 atom stereocenters. The predicted octanol–water partition coefficient (Wildman–Crippen LogP) is 0.795. The first-order chi connectivity index (χ1) is 5.65. The first-order valence-corrected chi connectivity index (χ1v) is 4.64. The van der Waals surface area contributed by atoms with Crippen molar-refractivity contribution in [2.24, 2.45) is 0 Å². The first-order valence-electron chi connectivity index (χ1n) is 2.82. The summed E-state index contributed by atoms with van der Waals surface area (Å²) in [5, 5.41) is 0. The molecule has 0 amide bonds. The Morgan fingerprint density at radius 1 is 1.38 bits per heavy atom. The van der Waals surface area contributed by atoms with Crippen LogP contribution >= 0.6 is 0 Å². The number of rotatable bonds is 5. The molecule has 0 unspecified atom stereocenters. The third-order valence-electron chi connectivity index (χ3n) is 0.742. The SMILES string of the molecule is CS(=O)(=O)OOCC(F)(F)C(F)F. The molecule has 0 rings (SSSR count). The summed E-state index contributed by atoms with van der Waals surface area (Å²) >= 11 is 0. The van der Waals surface area contributed by atoms with E-state index in [1.54, 1.807) is 0 Å². The molecule has 0 aromatic carbocycles. The van der Waals surface area contributed by atoms with E-state index in [1.807, 2.05) is 0 Å². The van der Waals surface area contributed by atoms with Crippen molar-refractivity contribution >= 4 is 10.1 Å². The molecule has 0 fully saturated rings. The van der Waals surface area contributed by atoms with Crippen LogP contribution in [0.15, 0.2) is 0 Å². The molecule has 0 saturated carbocycles. The normalized spacial score (nSPS) is 13.7. The van der Waals surface area contributed by atoms with Crippen molar-refractivity contribution < 1.29 is 35.2 Å². The van der Waals surface area contributed by atoms with Crippen LogP contribution in [0.3, 0.4) is 0 Å². The summed E-state index contributed by atoms with van der Waals surface area (Å²) in [6.07, 6.45) is -3.41. The fraction of sp³-hybridized carbons (Fsp3) is 1.00. The van der Waals surface area contributed by atoms with E-state index in [1.165, 1.54) is 0 Å². The van der Waals surface area contributed by atoms with Gasteiger partial charge in [-0.3, -0.25) is 0 Å². The van der Waals surface area contributed by atoms with Crippen molar-refractivity contribution in [3.05, 3.63) is 0 Å². The second-order valence-electron chi connectivity index (χ2n) is 2.10. The molecule has 4 nitrogen and oxygen atoms in total. The molecule has 80 valence electrons. The Morgan fingerprint density at radius 3 is 2.15 bits per heavy atom. The van der Waals surface area contributed by atoms with Gasteiger partial charge < -0.3 is 0 Å². The van der Waals surface area contributed by atoms with E-state index in [0.717, 1.165) is 0 Å². The van der Waals surface area contributed by atoms with Gasteiger partial charge in [0.05, 0.1) is 6.26 Å². The van der Waals surface area contributed by atoms with Gasteiger partial charge in [-0.25, -0.2) is 13.7 Å². The largest absolute Gasteiger partial charge is 0.333 e. The maximum Gasteiger partial charge on any atom is 0.333 e. The summed E-state index contributed by atoms with van der Waals surface area (Å²) < 4.78 is 70.3. The minimum absolute atomic E-state index is 0.521. The van der Waals surface area contributed by atoms with E-state index in [2.05, 4.69) is 9.22 Å². The van der Waals surface area contributed by atoms with Gasteiger partial charge in [-0.1, -0.05) is 0 Å². The second kappa shape index (κ2) is 4.20. The summed E-state index contributed by atoms with van der Waals surface area (Å²) in [6, 6.07) is 0. The third-order valence-corrected chi connectivity index (χ3v) is 1.09. The summed E-state index contributed by atoms with van der Waals surface area (Å²) in [6.45, 7) is -1.82. The van der Waals surface area contributed by atoms with E-state index < -0.39 is 29.1 Å². The molecule has 0 bridgehead atoms. The van der Waals surface area contributed by atoms with Gasteiger partial charge >= 0.3 is 12.3 Å². The fourth-order valence-corrected chi connectivity index (χ4v) is 0.476. The molecule has 0 aliphatic rings. The van der Waals surface area contributed by atoms with E-state index in [9.17, 15) is 26.0 Å². The van der Waals surface area contributed by atoms with Crippen LogP contribution in [0.4, 0.5) is 17.6 Å². The van der Waals surface area contributed by atoms with Crippen molar-refractivity contribution in [1.29, 1.82) is 0 Å². The standard InChI is InChI=1S/C4H6F4O4S/c1-13(9,10)12-11-2-4(7,8)3(5)6/h3H,2H2,1H3. The summed E-state index contributed by atoms with van der Waals surface area (Å²) in [4.78, 5) is 3.41. The van der Waals surface area contributed by atoms with E-state index in [0.29, 0.717) is 6.26 Å². The zero-order valence-electron chi connectivity index (χ0n) is 6.34. The zero-order valence-corrected chi connectivity index (χ0v) is 7.15. The average Bonchev–Trinajstić information content (AvgIpc) is 1.82. The van der Waals surface area contributed by atoms with Crippen LogP contribution in [0.25, 0.3) is 0 Å². The van der Waals surface area contributed by atoms with Gasteiger partial charge in [0.25, 0.3) is 10.1 Å². The van der Waals surface area contributed by atoms with Crippen molar-refractivity contribution in [2.45, 2.75) is 12.3 Å². The molecule has 9 heteroatoms. The van der Waals surface area contributed by atoms with Gasteiger partial charge in [-0.2, -0.15) is 17.2 Å². The molecule has 0 aliphatic carbocycles. The van der Waals surface area contributed by atoms with Crippen molar-refractivity contribution in [3.8, 4) is 0 Å². The summed E-state index contributed by atoms with van der Waals surface area (Å²) in [5.41, 5.74) is 0. The highest BCUT2D eigenvalue weighted by atomic mass is 32.2. The predicted molar refractivity (Wildman–Crippen MR) is 32.8 cm³/mol. The van der Waals surface area contributed by atoms with Crippen molar-refractivity contribution in [1.82, 2.24) is 0 Å². The van der Waals surface area contributed by atoms with Gasteiger partial charge in [0.1, 0.15) is 0 Å². The van der Waals surface area contributed by atoms with Gasteiger partial charge in [-0.05, 0) is 0 Å². The van der Waals surface area contributed by atoms with Crippen LogP contribution in [0.1, 0.15) is 0 Å². The Hall–Kier alpha value is -0.410. The van der Waals surface area contributed by atoms with Crippen LogP contribution in [0, 0.1) is 0 Å². The molecule has 13 heavy (non-hydrogen) atoms. The van der Waals surface area contributed by atoms with Crippen LogP contribution in [0.2, 0.25) is 0 Å². The number of hydrogen-bond acceptors (Lipinski definition) is 4. The maximum absolute atomic E-state index is 12.0. The monoisotopic (exact) mass is 226 g/mol. The van der Waals surface area contributed by atoms with Gasteiger partial charge in [0.2, 0.25) is 0 Å². The highest BCUT2D eigenvalue weighted by Crippen LogP contribution is 2.22. The lowest BCUT2D eigenvalue weighted by atomic mass is 10.4. The van der Waals surface area contributed by atoms with Gasteiger partial charge in [-0.15, -0.1) is 4.33 Å². The molecule has 0 aliphatic heterocycles. The lowest BCUT2D eigenvalue weighted by molar-refractivity contribution is -0.270.